The number of ether oxygens (including phenoxy) is 1. The summed E-state index contributed by atoms with van der Waals surface area (Å²) in [5.41, 5.74) is -0.0172. The van der Waals surface area contributed by atoms with Gasteiger partial charge in [0.2, 0.25) is 0 Å². The normalized spacial score (nSPS) is 10.4. The maximum absolute atomic E-state index is 12.9. The standard InChI is InChI=1S/C21H13ClN2O7/c22-18-10-7-14(11-19(18)24(29)30)20(25)16-3-1-2-4-17(16)21(26)31-12-13-5-8-15(9-6-13)23(27)28/h1-11H,12H2. The molecule has 0 unspecified atom stereocenters. The number of hydrogen-bond donors (Lipinski definition) is 0. The number of nitro groups is 2. The van der Waals surface area contributed by atoms with Gasteiger partial charge in [-0.15, -0.1) is 0 Å². The van der Waals surface area contributed by atoms with Crippen molar-refractivity contribution in [1.82, 2.24) is 0 Å². The molecular formula is C21H13ClN2O7. The summed E-state index contributed by atoms with van der Waals surface area (Å²) in [5.74, 6) is -1.39. The van der Waals surface area contributed by atoms with Crippen molar-refractivity contribution in [2.75, 3.05) is 0 Å². The van der Waals surface area contributed by atoms with Crippen molar-refractivity contribution >= 4 is 34.7 Å². The molecular weight excluding hydrogens is 428 g/mol. The number of rotatable bonds is 7. The fourth-order valence-corrected chi connectivity index (χ4v) is 2.94. The molecule has 0 saturated carbocycles. The van der Waals surface area contributed by atoms with Crippen LogP contribution in [0.5, 0.6) is 0 Å². The number of hydrogen-bond acceptors (Lipinski definition) is 7. The third-order valence-electron chi connectivity index (χ3n) is 4.31. The van der Waals surface area contributed by atoms with Crippen molar-refractivity contribution in [1.29, 1.82) is 0 Å². The Morgan fingerprint density at radius 3 is 2.13 bits per heavy atom. The average molecular weight is 441 g/mol. The Balaban J connectivity index is 1.82. The van der Waals surface area contributed by atoms with E-state index in [1.54, 1.807) is 12.1 Å². The molecule has 3 rings (SSSR count). The highest BCUT2D eigenvalue weighted by Crippen LogP contribution is 2.27. The second-order valence-corrected chi connectivity index (χ2v) is 6.70. The third kappa shape index (κ3) is 4.90. The SMILES string of the molecule is O=C(OCc1ccc([N+](=O)[O-])cc1)c1ccccc1C(=O)c1ccc(Cl)c([N+](=O)[O-])c1. The van der Waals surface area contributed by atoms with Crippen molar-refractivity contribution in [3.63, 3.8) is 0 Å². The summed E-state index contributed by atoms with van der Waals surface area (Å²) in [5, 5.41) is 21.7. The van der Waals surface area contributed by atoms with Gasteiger partial charge in [0.25, 0.3) is 11.4 Å². The summed E-state index contributed by atoms with van der Waals surface area (Å²) < 4.78 is 5.23. The Bertz CT molecular complexity index is 1190. The van der Waals surface area contributed by atoms with E-state index in [1.165, 1.54) is 48.5 Å². The van der Waals surface area contributed by atoms with Crippen LogP contribution < -0.4 is 0 Å². The first kappa shape index (κ1) is 21.6. The Hall–Kier alpha value is -4.11. The molecule has 3 aromatic rings. The van der Waals surface area contributed by atoms with E-state index in [-0.39, 0.29) is 34.0 Å². The molecule has 0 aromatic heterocycles. The second kappa shape index (κ2) is 9.14. The minimum Gasteiger partial charge on any atom is -0.457 e. The van der Waals surface area contributed by atoms with Crippen molar-refractivity contribution in [2.45, 2.75) is 6.61 Å². The summed E-state index contributed by atoms with van der Waals surface area (Å²) in [4.78, 5) is 46.0. The van der Waals surface area contributed by atoms with Crippen LogP contribution in [0.3, 0.4) is 0 Å². The van der Waals surface area contributed by atoms with Gasteiger partial charge in [-0.25, -0.2) is 4.79 Å². The predicted octanol–water partition coefficient (Wildman–Crippen LogP) is 4.74. The van der Waals surface area contributed by atoms with Gasteiger partial charge < -0.3 is 4.74 Å². The van der Waals surface area contributed by atoms with Gasteiger partial charge in [-0.2, -0.15) is 0 Å². The minimum absolute atomic E-state index is 0.00724. The summed E-state index contributed by atoms with van der Waals surface area (Å²) >= 11 is 5.79. The van der Waals surface area contributed by atoms with Crippen LogP contribution in [0.25, 0.3) is 0 Å². The van der Waals surface area contributed by atoms with Crippen molar-refractivity contribution in [3.8, 4) is 0 Å². The molecule has 0 atom stereocenters. The molecule has 10 heteroatoms. The number of esters is 1. The maximum atomic E-state index is 12.9. The van der Waals surface area contributed by atoms with Gasteiger partial charge in [0.05, 0.1) is 15.4 Å². The molecule has 0 fully saturated rings. The lowest BCUT2D eigenvalue weighted by molar-refractivity contribution is -0.385. The summed E-state index contributed by atoms with van der Waals surface area (Å²) in [6.07, 6.45) is 0. The minimum atomic E-state index is -0.786. The van der Waals surface area contributed by atoms with E-state index in [9.17, 15) is 29.8 Å². The van der Waals surface area contributed by atoms with E-state index in [0.29, 0.717) is 5.56 Å². The molecule has 0 aliphatic carbocycles. The average Bonchev–Trinajstić information content (AvgIpc) is 2.77. The third-order valence-corrected chi connectivity index (χ3v) is 4.63. The largest absolute Gasteiger partial charge is 0.457 e. The Morgan fingerprint density at radius 1 is 0.871 bits per heavy atom. The van der Waals surface area contributed by atoms with Crippen LogP contribution in [-0.4, -0.2) is 21.6 Å². The number of halogens is 1. The quantitative estimate of drug-likeness (QED) is 0.224. The monoisotopic (exact) mass is 440 g/mol. The first-order chi connectivity index (χ1) is 14.8. The molecule has 9 nitrogen and oxygen atoms in total. The highest BCUT2D eigenvalue weighted by molar-refractivity contribution is 6.33. The summed E-state index contributed by atoms with van der Waals surface area (Å²) in [6.45, 7) is -0.161. The fraction of sp³-hybridized carbons (Fsp3) is 0.0476. The van der Waals surface area contributed by atoms with Gasteiger partial charge in [-0.1, -0.05) is 29.8 Å². The molecule has 0 saturated heterocycles. The van der Waals surface area contributed by atoms with Gasteiger partial charge in [-0.3, -0.25) is 25.0 Å². The van der Waals surface area contributed by atoms with Crippen LogP contribution in [0.2, 0.25) is 5.02 Å². The number of carbonyl (C=O) groups is 2. The Kier molecular flexibility index (Phi) is 6.37. The molecule has 0 N–H and O–H groups in total. The molecule has 0 bridgehead atoms. The number of nitro benzene ring substituents is 2. The van der Waals surface area contributed by atoms with Crippen LogP contribution in [0.4, 0.5) is 11.4 Å². The maximum Gasteiger partial charge on any atom is 0.339 e. The molecule has 156 valence electrons. The van der Waals surface area contributed by atoms with Gasteiger partial charge in [0.1, 0.15) is 11.6 Å². The first-order valence-electron chi connectivity index (χ1n) is 8.76. The van der Waals surface area contributed by atoms with Crippen LogP contribution in [-0.2, 0) is 11.3 Å². The summed E-state index contributed by atoms with van der Waals surface area (Å²) in [6, 6.07) is 15.0. The van der Waals surface area contributed by atoms with E-state index in [4.69, 9.17) is 16.3 Å². The molecule has 3 aromatic carbocycles. The number of carbonyl (C=O) groups excluding carboxylic acids is 2. The van der Waals surface area contributed by atoms with Crippen LogP contribution in [0.1, 0.15) is 31.8 Å². The molecule has 0 radical (unpaired) electrons. The zero-order valence-electron chi connectivity index (χ0n) is 15.7. The number of non-ortho nitro benzene ring substituents is 1. The zero-order chi connectivity index (χ0) is 22.5. The van der Waals surface area contributed by atoms with Crippen LogP contribution in [0, 0.1) is 20.2 Å². The molecule has 0 spiro atoms. The van der Waals surface area contributed by atoms with Gasteiger partial charge in [0, 0.05) is 29.3 Å². The van der Waals surface area contributed by atoms with E-state index < -0.39 is 27.3 Å². The van der Waals surface area contributed by atoms with Gasteiger partial charge in [-0.05, 0) is 35.9 Å². The highest BCUT2D eigenvalue weighted by atomic mass is 35.5. The number of ketones is 1. The van der Waals surface area contributed by atoms with E-state index in [2.05, 4.69) is 0 Å². The van der Waals surface area contributed by atoms with Crippen molar-refractivity contribution in [3.05, 3.63) is 114 Å². The van der Waals surface area contributed by atoms with Gasteiger partial charge >= 0.3 is 5.97 Å². The fourth-order valence-electron chi connectivity index (χ4n) is 2.75. The van der Waals surface area contributed by atoms with Gasteiger partial charge in [0.15, 0.2) is 5.78 Å². The Labute approximate surface area is 180 Å². The van der Waals surface area contributed by atoms with Crippen LogP contribution in [0.15, 0.2) is 66.7 Å². The molecule has 0 heterocycles. The van der Waals surface area contributed by atoms with E-state index in [1.807, 2.05) is 0 Å². The molecule has 0 aliphatic heterocycles. The Morgan fingerprint density at radius 2 is 1.52 bits per heavy atom. The highest BCUT2D eigenvalue weighted by Gasteiger charge is 2.22. The first-order valence-corrected chi connectivity index (χ1v) is 9.14. The smallest absolute Gasteiger partial charge is 0.339 e. The van der Waals surface area contributed by atoms with Crippen molar-refractivity contribution in [2.24, 2.45) is 0 Å². The number of nitrogens with zero attached hydrogens (tertiary/aromatic N) is 2. The zero-order valence-corrected chi connectivity index (χ0v) is 16.4. The lowest BCUT2D eigenvalue weighted by atomic mass is 9.98. The molecule has 31 heavy (non-hydrogen) atoms. The lowest BCUT2D eigenvalue weighted by Gasteiger charge is -2.09. The van der Waals surface area contributed by atoms with Crippen LogP contribution >= 0.6 is 11.6 Å². The lowest BCUT2D eigenvalue weighted by Crippen LogP contribution is -2.13. The van der Waals surface area contributed by atoms with E-state index >= 15 is 0 Å². The number of benzene rings is 3. The molecule has 0 aliphatic rings. The second-order valence-electron chi connectivity index (χ2n) is 6.30. The van der Waals surface area contributed by atoms with Crippen molar-refractivity contribution < 1.29 is 24.2 Å². The summed E-state index contributed by atoms with van der Waals surface area (Å²) in [7, 11) is 0. The predicted molar refractivity (Wildman–Crippen MR) is 110 cm³/mol. The topological polar surface area (TPSA) is 130 Å². The van der Waals surface area contributed by atoms with E-state index in [0.717, 1.165) is 6.07 Å². The molecule has 0 amide bonds.